The number of carbonyl (C=O) groups excluding carboxylic acids is 1. The lowest BCUT2D eigenvalue weighted by molar-refractivity contribution is 0.0594. The van der Waals surface area contributed by atoms with Crippen LogP contribution in [0.4, 0.5) is 0 Å². The van der Waals surface area contributed by atoms with Gasteiger partial charge in [-0.25, -0.2) is 18.2 Å². The Morgan fingerprint density at radius 1 is 1.17 bits per heavy atom. The lowest BCUT2D eigenvalue weighted by atomic mass is 10.1. The highest BCUT2D eigenvalue weighted by molar-refractivity contribution is 7.89. The van der Waals surface area contributed by atoms with Crippen LogP contribution in [0.3, 0.4) is 0 Å². The average Bonchev–Trinajstić information content (AvgIpc) is 3.23. The van der Waals surface area contributed by atoms with Crippen LogP contribution in [-0.4, -0.2) is 50.5 Å². The number of sulfonamides is 1. The van der Waals surface area contributed by atoms with Crippen molar-refractivity contribution in [3.8, 4) is 0 Å². The van der Waals surface area contributed by atoms with E-state index in [-0.39, 0.29) is 29.6 Å². The summed E-state index contributed by atoms with van der Waals surface area (Å²) in [6.07, 6.45) is 1.66. The second-order valence-electron chi connectivity index (χ2n) is 6.48. The summed E-state index contributed by atoms with van der Waals surface area (Å²) in [5.74, 6) is -0.541. The van der Waals surface area contributed by atoms with Gasteiger partial charge in [0.1, 0.15) is 6.26 Å². The van der Waals surface area contributed by atoms with Crippen molar-refractivity contribution in [2.75, 3.05) is 26.9 Å². The van der Waals surface area contributed by atoms with Crippen LogP contribution in [0.15, 0.2) is 58.0 Å². The number of oxazole rings is 1. The molecule has 0 saturated heterocycles. The maximum absolute atomic E-state index is 13.5. The van der Waals surface area contributed by atoms with Gasteiger partial charge in [0.15, 0.2) is 5.69 Å². The summed E-state index contributed by atoms with van der Waals surface area (Å²) < 4.78 is 43.7. The van der Waals surface area contributed by atoms with Crippen molar-refractivity contribution >= 4 is 26.8 Å². The van der Waals surface area contributed by atoms with E-state index in [2.05, 4.69) is 9.72 Å². The third-order valence-corrected chi connectivity index (χ3v) is 6.43. The molecule has 9 heteroatoms. The molecule has 1 heterocycles. The Morgan fingerprint density at radius 3 is 2.70 bits per heavy atom. The van der Waals surface area contributed by atoms with Gasteiger partial charge < -0.3 is 13.9 Å². The van der Waals surface area contributed by atoms with Gasteiger partial charge in [-0.1, -0.05) is 36.4 Å². The van der Waals surface area contributed by atoms with E-state index in [1.807, 2.05) is 25.1 Å². The van der Waals surface area contributed by atoms with Crippen LogP contribution in [0.5, 0.6) is 0 Å². The van der Waals surface area contributed by atoms with Crippen LogP contribution in [-0.2, 0) is 26.0 Å². The van der Waals surface area contributed by atoms with Crippen LogP contribution in [0.25, 0.3) is 10.8 Å². The number of hydrogen-bond donors (Lipinski definition) is 0. The molecule has 3 rings (SSSR count). The molecule has 0 radical (unpaired) electrons. The minimum Gasteiger partial charge on any atom is -0.464 e. The molecule has 2 aromatic carbocycles. The zero-order chi connectivity index (χ0) is 21.6. The molecule has 0 bridgehead atoms. The number of benzene rings is 2. The fourth-order valence-corrected chi connectivity index (χ4v) is 4.71. The number of nitrogens with zero attached hydrogens (tertiary/aromatic N) is 2. The lowest BCUT2D eigenvalue weighted by Crippen LogP contribution is -2.32. The summed E-state index contributed by atoms with van der Waals surface area (Å²) in [5, 5.41) is 1.47. The van der Waals surface area contributed by atoms with Crippen LogP contribution in [0.1, 0.15) is 29.7 Å². The Balaban J connectivity index is 1.93. The van der Waals surface area contributed by atoms with Crippen molar-refractivity contribution in [1.82, 2.24) is 9.29 Å². The zero-order valence-electron chi connectivity index (χ0n) is 16.9. The fraction of sp³-hybridized carbons (Fsp3) is 0.333. The maximum Gasteiger partial charge on any atom is 0.360 e. The molecule has 0 aliphatic heterocycles. The summed E-state index contributed by atoms with van der Waals surface area (Å²) in [7, 11) is -2.63. The minimum absolute atomic E-state index is 0.00988. The molecule has 0 N–H and O–H groups in total. The van der Waals surface area contributed by atoms with Crippen molar-refractivity contribution < 1.29 is 27.1 Å². The monoisotopic (exact) mass is 432 g/mol. The van der Waals surface area contributed by atoms with Gasteiger partial charge in [-0.05, 0) is 24.8 Å². The Labute approximate surface area is 175 Å². The molecular formula is C21H24N2O6S. The first-order valence-corrected chi connectivity index (χ1v) is 11.0. The summed E-state index contributed by atoms with van der Waals surface area (Å²) in [6, 6.07) is 12.5. The van der Waals surface area contributed by atoms with Gasteiger partial charge in [-0.15, -0.1) is 0 Å². The van der Waals surface area contributed by atoms with E-state index in [0.717, 1.165) is 11.6 Å². The normalized spacial score (nSPS) is 11.8. The predicted molar refractivity (Wildman–Crippen MR) is 110 cm³/mol. The number of hydrogen-bond acceptors (Lipinski definition) is 7. The SMILES string of the molecule is CCOCCCN(Cc1nc(C(=O)OC)co1)S(=O)(=O)c1cccc2ccccc12. The van der Waals surface area contributed by atoms with E-state index in [4.69, 9.17) is 9.15 Å². The molecule has 0 aliphatic rings. The van der Waals surface area contributed by atoms with Crippen LogP contribution in [0.2, 0.25) is 0 Å². The van der Waals surface area contributed by atoms with E-state index >= 15 is 0 Å². The first-order chi connectivity index (χ1) is 14.5. The van der Waals surface area contributed by atoms with Gasteiger partial charge >= 0.3 is 5.97 Å². The molecule has 0 atom stereocenters. The Hall–Kier alpha value is -2.75. The van der Waals surface area contributed by atoms with E-state index in [0.29, 0.717) is 25.0 Å². The summed E-state index contributed by atoms with van der Waals surface area (Å²) in [6.45, 7) is 2.96. The van der Waals surface area contributed by atoms with Crippen molar-refractivity contribution in [3.05, 3.63) is 60.3 Å². The molecule has 1 aromatic heterocycles. The largest absolute Gasteiger partial charge is 0.464 e. The number of esters is 1. The smallest absolute Gasteiger partial charge is 0.360 e. The van der Waals surface area contributed by atoms with Crippen LogP contribution < -0.4 is 0 Å². The Morgan fingerprint density at radius 2 is 1.93 bits per heavy atom. The summed E-state index contributed by atoms with van der Waals surface area (Å²) >= 11 is 0. The highest BCUT2D eigenvalue weighted by atomic mass is 32.2. The topological polar surface area (TPSA) is 98.9 Å². The van der Waals surface area contributed by atoms with E-state index < -0.39 is 16.0 Å². The van der Waals surface area contributed by atoms with E-state index in [9.17, 15) is 13.2 Å². The Bertz CT molecular complexity index is 1100. The Kier molecular flexibility index (Phi) is 7.20. The molecular weight excluding hydrogens is 408 g/mol. The quantitative estimate of drug-likeness (QED) is 0.358. The maximum atomic E-state index is 13.5. The van der Waals surface area contributed by atoms with Crippen LogP contribution >= 0.6 is 0 Å². The molecule has 0 aliphatic carbocycles. The third-order valence-electron chi connectivity index (χ3n) is 4.53. The molecule has 30 heavy (non-hydrogen) atoms. The summed E-state index contributed by atoms with van der Waals surface area (Å²) in [5.41, 5.74) is -0.00988. The van der Waals surface area contributed by atoms with Crippen molar-refractivity contribution in [2.24, 2.45) is 0 Å². The van der Waals surface area contributed by atoms with Gasteiger partial charge in [0.2, 0.25) is 15.9 Å². The van der Waals surface area contributed by atoms with Gasteiger partial charge in [-0.3, -0.25) is 0 Å². The molecule has 8 nitrogen and oxygen atoms in total. The number of rotatable bonds is 10. The van der Waals surface area contributed by atoms with Crippen molar-refractivity contribution in [2.45, 2.75) is 24.8 Å². The second-order valence-corrected chi connectivity index (χ2v) is 8.39. The molecule has 160 valence electrons. The number of aromatic nitrogens is 1. The molecule has 3 aromatic rings. The molecule has 0 fully saturated rings. The summed E-state index contributed by atoms with van der Waals surface area (Å²) in [4.78, 5) is 15.9. The molecule has 0 unspecified atom stereocenters. The van der Waals surface area contributed by atoms with Gasteiger partial charge in [-0.2, -0.15) is 4.31 Å². The highest BCUT2D eigenvalue weighted by Gasteiger charge is 2.28. The molecule has 0 amide bonds. The van der Waals surface area contributed by atoms with Crippen molar-refractivity contribution in [1.29, 1.82) is 0 Å². The average molecular weight is 432 g/mol. The van der Waals surface area contributed by atoms with E-state index in [1.165, 1.54) is 11.4 Å². The number of fused-ring (bicyclic) bond motifs is 1. The zero-order valence-corrected chi connectivity index (χ0v) is 17.7. The second kappa shape index (κ2) is 9.84. The first-order valence-electron chi connectivity index (χ1n) is 9.55. The fourth-order valence-electron chi connectivity index (χ4n) is 3.06. The predicted octanol–water partition coefficient (Wildman–Crippen LogP) is 3.23. The van der Waals surface area contributed by atoms with Gasteiger partial charge in [0, 0.05) is 25.1 Å². The lowest BCUT2D eigenvalue weighted by Gasteiger charge is -2.21. The molecule has 0 saturated carbocycles. The van der Waals surface area contributed by atoms with Crippen molar-refractivity contribution in [3.63, 3.8) is 0 Å². The van der Waals surface area contributed by atoms with E-state index in [1.54, 1.807) is 24.3 Å². The third kappa shape index (κ3) is 4.86. The van der Waals surface area contributed by atoms with Gasteiger partial charge in [0.25, 0.3) is 0 Å². The van der Waals surface area contributed by atoms with Gasteiger partial charge in [0.05, 0.1) is 18.6 Å². The van der Waals surface area contributed by atoms with Crippen LogP contribution in [0, 0.1) is 0 Å². The molecule has 0 spiro atoms. The minimum atomic E-state index is -3.87. The standard InChI is InChI=1S/C21H24N2O6S/c1-3-28-13-7-12-23(14-20-22-18(15-29-20)21(24)27-2)30(25,26)19-11-6-9-16-8-4-5-10-17(16)19/h4-6,8-11,15H,3,7,12-14H2,1-2H3. The number of methoxy groups -OCH3 is 1. The number of ether oxygens (including phenoxy) is 2. The number of carbonyl (C=O) groups is 1. The first kappa shape index (κ1) is 21.9. The highest BCUT2D eigenvalue weighted by Crippen LogP contribution is 2.27.